The monoisotopic (exact) mass is 654 g/mol. The highest BCUT2D eigenvalue weighted by Gasteiger charge is 2.47. The summed E-state index contributed by atoms with van der Waals surface area (Å²) in [5, 5.41) is 63.3. The highest BCUT2D eigenvalue weighted by molar-refractivity contribution is 5.91. The Morgan fingerprint density at radius 3 is 1.54 bits per heavy atom. The largest absolute Gasteiger partial charge is 0.493 e. The normalized spacial score (nSPS) is 33.3. The van der Waals surface area contributed by atoms with E-state index < -0.39 is 86.6 Å². The first-order chi connectivity index (χ1) is 22.0. The van der Waals surface area contributed by atoms with E-state index in [0.717, 1.165) is 0 Å². The molecule has 17 heteroatoms. The minimum Gasteiger partial charge on any atom is -0.493 e. The molecule has 0 amide bonds. The van der Waals surface area contributed by atoms with Crippen molar-refractivity contribution in [3.8, 4) is 28.7 Å². The van der Waals surface area contributed by atoms with Gasteiger partial charge in [-0.1, -0.05) is 0 Å². The highest BCUT2D eigenvalue weighted by Crippen LogP contribution is 2.41. The van der Waals surface area contributed by atoms with Crippen molar-refractivity contribution in [2.45, 2.75) is 61.4 Å². The Bertz CT molecular complexity index is 1390. The van der Waals surface area contributed by atoms with Gasteiger partial charge in [-0.2, -0.15) is 0 Å². The van der Waals surface area contributed by atoms with E-state index in [1.54, 1.807) is 0 Å². The quantitative estimate of drug-likeness (QED) is 0.198. The molecule has 0 aromatic heterocycles. The molecular weight excluding hydrogens is 620 g/mol. The van der Waals surface area contributed by atoms with Crippen LogP contribution in [0.25, 0.3) is 0 Å². The molecule has 0 saturated carbocycles. The second-order valence-corrected chi connectivity index (χ2v) is 10.5. The van der Waals surface area contributed by atoms with Crippen molar-refractivity contribution < 1.29 is 82.9 Å². The zero-order valence-electron chi connectivity index (χ0n) is 24.7. The maximum Gasteiger partial charge on any atom is 0.338 e. The minimum absolute atomic E-state index is 0.0112. The summed E-state index contributed by atoms with van der Waals surface area (Å²) in [5.41, 5.74) is -0.151. The summed E-state index contributed by atoms with van der Waals surface area (Å²) in [4.78, 5) is 26.0. The van der Waals surface area contributed by atoms with E-state index in [4.69, 9.17) is 42.6 Å². The summed E-state index contributed by atoms with van der Waals surface area (Å²) in [6, 6.07) is 6.25. The average molecular weight is 655 g/mol. The summed E-state index contributed by atoms with van der Waals surface area (Å²) in [6.07, 6.45) is -16.4. The van der Waals surface area contributed by atoms with E-state index in [1.165, 1.54) is 51.7 Å². The van der Waals surface area contributed by atoms with Gasteiger partial charge in [0, 0.05) is 0 Å². The molecule has 2 aromatic rings. The van der Waals surface area contributed by atoms with Crippen LogP contribution in [0.2, 0.25) is 0 Å². The van der Waals surface area contributed by atoms with Gasteiger partial charge < -0.3 is 73.3 Å². The second-order valence-electron chi connectivity index (χ2n) is 10.5. The maximum absolute atomic E-state index is 13.1. The van der Waals surface area contributed by atoms with Gasteiger partial charge in [0.2, 0.25) is 18.3 Å². The zero-order valence-corrected chi connectivity index (χ0v) is 24.7. The molecule has 8 bridgehead atoms. The number of methoxy groups -OCH3 is 3. The molecular formula is C29H34O17. The van der Waals surface area contributed by atoms with Crippen LogP contribution in [0.4, 0.5) is 0 Å². The SMILES string of the molecule is COc1cc2ccc1O[C@@H]1O[C@@H](COC(=O)c3cc(OC)c(c(OC)c3)O[C@@H]3O[C@H](COC2=O)[C@H](O)[C@H](O)[C@H]3O)[C@H](O)[C@H](O)[C@H]1O. The third-order valence-electron chi connectivity index (χ3n) is 7.67. The molecule has 252 valence electrons. The van der Waals surface area contributed by atoms with Crippen molar-refractivity contribution in [2.75, 3.05) is 34.5 Å². The number of carbonyl (C=O) groups is 2. The molecule has 2 saturated heterocycles. The molecule has 0 aliphatic carbocycles. The van der Waals surface area contributed by atoms with Gasteiger partial charge in [0.05, 0.1) is 32.5 Å². The Morgan fingerprint density at radius 1 is 0.587 bits per heavy atom. The van der Waals surface area contributed by atoms with Gasteiger partial charge in [0.15, 0.2) is 23.0 Å². The Labute approximate surface area is 261 Å². The first-order valence-electron chi connectivity index (χ1n) is 14.0. The number of aliphatic hydroxyl groups is 6. The molecule has 6 aliphatic heterocycles. The van der Waals surface area contributed by atoms with Crippen molar-refractivity contribution in [1.82, 2.24) is 0 Å². The Balaban J connectivity index is 1.52. The number of hydrogen-bond acceptors (Lipinski definition) is 17. The lowest BCUT2D eigenvalue weighted by atomic mass is 9.99. The fraction of sp³-hybridized carbons (Fsp3) is 0.517. The minimum atomic E-state index is -1.79. The van der Waals surface area contributed by atoms with Crippen LogP contribution in [0.3, 0.4) is 0 Å². The molecule has 2 fully saturated rings. The summed E-state index contributed by atoms with van der Waals surface area (Å²) in [5.74, 6) is -2.23. The van der Waals surface area contributed by atoms with Crippen molar-refractivity contribution in [3.63, 3.8) is 0 Å². The van der Waals surface area contributed by atoms with Gasteiger partial charge in [-0.05, 0) is 30.3 Å². The van der Waals surface area contributed by atoms with Crippen molar-refractivity contribution in [1.29, 1.82) is 0 Å². The summed E-state index contributed by atoms with van der Waals surface area (Å²) >= 11 is 0. The van der Waals surface area contributed by atoms with Crippen molar-refractivity contribution >= 4 is 11.9 Å². The molecule has 0 spiro atoms. The molecule has 8 rings (SSSR count). The van der Waals surface area contributed by atoms with E-state index in [-0.39, 0.29) is 39.9 Å². The molecule has 0 unspecified atom stereocenters. The number of aliphatic hydroxyl groups excluding tert-OH is 6. The fourth-order valence-electron chi connectivity index (χ4n) is 5.03. The van der Waals surface area contributed by atoms with E-state index in [2.05, 4.69) is 0 Å². The molecule has 2 aromatic carbocycles. The average Bonchev–Trinajstić information content (AvgIpc) is 3.06. The Morgan fingerprint density at radius 2 is 1.04 bits per heavy atom. The Hall–Kier alpha value is -3.94. The lowest BCUT2D eigenvalue weighted by Crippen LogP contribution is -2.60. The first-order valence-corrected chi connectivity index (χ1v) is 14.0. The number of carbonyl (C=O) groups excluding carboxylic acids is 2. The first kappa shape index (κ1) is 33.4. The number of hydrogen-bond donors (Lipinski definition) is 6. The summed E-state index contributed by atoms with van der Waals surface area (Å²) in [7, 11) is 3.77. The predicted octanol–water partition coefficient (Wildman–Crippen LogP) is -1.89. The number of ether oxygens (including phenoxy) is 9. The van der Waals surface area contributed by atoms with Gasteiger partial charge in [0.25, 0.3) is 0 Å². The van der Waals surface area contributed by atoms with Crippen molar-refractivity contribution in [3.05, 3.63) is 41.5 Å². The fourth-order valence-corrected chi connectivity index (χ4v) is 5.03. The molecule has 6 aliphatic rings. The lowest BCUT2D eigenvalue weighted by molar-refractivity contribution is -0.277. The molecule has 6 N–H and O–H groups in total. The third kappa shape index (κ3) is 6.49. The van der Waals surface area contributed by atoms with Crippen molar-refractivity contribution in [2.24, 2.45) is 0 Å². The van der Waals surface area contributed by atoms with Crippen LogP contribution in [0.1, 0.15) is 20.7 Å². The topological polar surface area (TPSA) is 239 Å². The zero-order chi connectivity index (χ0) is 33.3. The van der Waals surface area contributed by atoms with Crippen LogP contribution in [0.5, 0.6) is 28.7 Å². The predicted molar refractivity (Wildman–Crippen MR) is 148 cm³/mol. The molecule has 10 atom stereocenters. The van der Waals surface area contributed by atoms with Gasteiger partial charge >= 0.3 is 11.9 Å². The number of esters is 2. The molecule has 17 nitrogen and oxygen atoms in total. The molecule has 6 heterocycles. The van der Waals surface area contributed by atoms with Crippen LogP contribution >= 0.6 is 0 Å². The number of benzene rings is 2. The van der Waals surface area contributed by atoms with Crippen LogP contribution in [0.15, 0.2) is 30.3 Å². The van der Waals surface area contributed by atoms with E-state index in [0.29, 0.717) is 0 Å². The van der Waals surface area contributed by atoms with Crippen LogP contribution in [-0.4, -0.2) is 139 Å². The molecule has 0 radical (unpaired) electrons. The van der Waals surface area contributed by atoms with Crippen LogP contribution < -0.4 is 23.7 Å². The van der Waals surface area contributed by atoms with Crippen LogP contribution in [0, 0.1) is 0 Å². The van der Waals surface area contributed by atoms with Gasteiger partial charge in [-0.25, -0.2) is 9.59 Å². The summed E-state index contributed by atoms with van der Waals surface area (Å²) < 4.78 is 49.5. The van der Waals surface area contributed by atoms with E-state index in [1.807, 2.05) is 0 Å². The number of rotatable bonds is 3. The standard InChI is InChI=1S/C29H34O17/c1-38-14-6-11-4-5-13(14)43-28-23(34)21(32)19(30)17(44-28)10-42-27(37)12-7-15(39-2)25(16(8-12)40-3)46-29-24(35)22(33)20(31)18(45-29)9-41-26(11)36/h4-8,17-24,28-35H,9-10H2,1-3H3/t17-,18+,19-,20-,21-,22-,23+,24+,28+,29-/m0/s1. The van der Waals surface area contributed by atoms with Crippen LogP contribution in [-0.2, 0) is 18.9 Å². The van der Waals surface area contributed by atoms with E-state index >= 15 is 0 Å². The molecule has 46 heavy (non-hydrogen) atoms. The smallest absolute Gasteiger partial charge is 0.338 e. The lowest BCUT2D eigenvalue weighted by Gasteiger charge is -2.40. The second kappa shape index (κ2) is 13.8. The highest BCUT2D eigenvalue weighted by atomic mass is 16.7. The van der Waals surface area contributed by atoms with Gasteiger partial charge in [-0.15, -0.1) is 0 Å². The maximum atomic E-state index is 13.1. The van der Waals surface area contributed by atoms with Gasteiger partial charge in [-0.3, -0.25) is 0 Å². The van der Waals surface area contributed by atoms with Gasteiger partial charge in [0.1, 0.15) is 62.0 Å². The summed E-state index contributed by atoms with van der Waals surface area (Å²) in [6.45, 7) is -1.19. The third-order valence-corrected chi connectivity index (χ3v) is 7.67. The van der Waals surface area contributed by atoms with E-state index in [9.17, 15) is 40.2 Å². The Kier molecular flexibility index (Phi) is 10.0.